The maximum Gasteiger partial charge on any atom is 0.202 e. The minimum absolute atomic E-state index is 0.194. The van der Waals surface area contributed by atoms with Gasteiger partial charge < -0.3 is 5.32 Å². The van der Waals surface area contributed by atoms with Gasteiger partial charge in [-0.2, -0.15) is 5.10 Å². The van der Waals surface area contributed by atoms with Crippen LogP contribution in [0.5, 0.6) is 0 Å². The lowest BCUT2D eigenvalue weighted by molar-refractivity contribution is -0.114. The van der Waals surface area contributed by atoms with Crippen molar-refractivity contribution in [1.82, 2.24) is 10.3 Å². The number of nitrogens with zero attached hydrogens (tertiary/aromatic N) is 2. The third-order valence-corrected chi connectivity index (χ3v) is 2.74. The van der Waals surface area contributed by atoms with E-state index >= 15 is 0 Å². The van der Waals surface area contributed by atoms with Gasteiger partial charge in [0.1, 0.15) is 0 Å². The molecule has 2 fully saturated rings. The second kappa shape index (κ2) is 3.98. The van der Waals surface area contributed by atoms with E-state index in [1.807, 2.05) is 5.01 Å². The average molecular weight is 195 g/mol. The van der Waals surface area contributed by atoms with Crippen LogP contribution in [0, 0.1) is 5.92 Å². The summed E-state index contributed by atoms with van der Waals surface area (Å²) in [5.74, 6) is 0.998. The maximum absolute atomic E-state index is 11.7. The van der Waals surface area contributed by atoms with Gasteiger partial charge in [-0.1, -0.05) is 0 Å². The van der Waals surface area contributed by atoms with Crippen LogP contribution in [-0.4, -0.2) is 36.8 Å². The summed E-state index contributed by atoms with van der Waals surface area (Å²) in [6.07, 6.45) is 4.47. The molecule has 4 heteroatoms. The standard InChI is InChI=1S/C10H17N3O/c1-11-10(9(14)8-4-5-8)12-13-6-2-3-7-13/h8H,2-7H2,1H3,(H,11,12). The van der Waals surface area contributed by atoms with E-state index in [0.29, 0.717) is 5.84 Å². The van der Waals surface area contributed by atoms with Gasteiger partial charge in [-0.3, -0.25) is 9.80 Å². The Morgan fingerprint density at radius 1 is 1.36 bits per heavy atom. The molecule has 0 unspecified atom stereocenters. The summed E-state index contributed by atoms with van der Waals surface area (Å²) in [6, 6.07) is 0. The van der Waals surface area contributed by atoms with Crippen LogP contribution in [0.3, 0.4) is 0 Å². The summed E-state index contributed by atoms with van der Waals surface area (Å²) >= 11 is 0. The Morgan fingerprint density at radius 3 is 2.50 bits per heavy atom. The molecule has 0 amide bonds. The van der Waals surface area contributed by atoms with E-state index in [1.54, 1.807) is 7.05 Å². The number of amidine groups is 1. The molecule has 0 aromatic rings. The largest absolute Gasteiger partial charge is 0.369 e. The number of ketones is 1. The fourth-order valence-corrected chi connectivity index (χ4v) is 1.70. The van der Waals surface area contributed by atoms with Crippen molar-refractivity contribution in [2.45, 2.75) is 25.7 Å². The highest BCUT2D eigenvalue weighted by molar-refractivity contribution is 6.40. The molecule has 0 aromatic heterocycles. The Labute approximate surface area is 84.3 Å². The van der Waals surface area contributed by atoms with Crippen molar-refractivity contribution in [2.75, 3.05) is 20.1 Å². The average Bonchev–Trinajstić information content (AvgIpc) is 2.93. The molecule has 1 aliphatic heterocycles. The van der Waals surface area contributed by atoms with Crippen LogP contribution in [0.1, 0.15) is 25.7 Å². The van der Waals surface area contributed by atoms with Gasteiger partial charge in [-0.25, -0.2) is 0 Å². The molecule has 0 radical (unpaired) electrons. The van der Waals surface area contributed by atoms with Crippen LogP contribution >= 0.6 is 0 Å². The number of nitrogens with one attached hydrogen (secondary N) is 1. The summed E-state index contributed by atoms with van der Waals surface area (Å²) < 4.78 is 0. The minimum Gasteiger partial charge on any atom is -0.369 e. The molecule has 1 N–H and O–H groups in total. The van der Waals surface area contributed by atoms with Crippen molar-refractivity contribution in [2.24, 2.45) is 11.0 Å². The highest BCUT2D eigenvalue weighted by Crippen LogP contribution is 2.30. The maximum atomic E-state index is 11.7. The van der Waals surface area contributed by atoms with Crippen molar-refractivity contribution >= 4 is 11.6 Å². The van der Waals surface area contributed by atoms with Crippen LogP contribution in [0.15, 0.2) is 5.10 Å². The molecule has 0 bridgehead atoms. The van der Waals surface area contributed by atoms with E-state index in [1.165, 1.54) is 12.8 Å². The topological polar surface area (TPSA) is 44.7 Å². The van der Waals surface area contributed by atoms with E-state index < -0.39 is 0 Å². The van der Waals surface area contributed by atoms with Gasteiger partial charge in [0.15, 0.2) is 5.84 Å². The third-order valence-electron chi connectivity index (χ3n) is 2.74. The summed E-state index contributed by atoms with van der Waals surface area (Å²) in [5.41, 5.74) is 0. The summed E-state index contributed by atoms with van der Waals surface area (Å²) in [7, 11) is 1.77. The number of carbonyl (C=O) groups is 1. The van der Waals surface area contributed by atoms with E-state index in [9.17, 15) is 4.79 Å². The molecule has 1 heterocycles. The van der Waals surface area contributed by atoms with Crippen LogP contribution in [0.2, 0.25) is 0 Å². The molecule has 2 rings (SSSR count). The van der Waals surface area contributed by atoms with Gasteiger partial charge in [0, 0.05) is 26.1 Å². The second-order valence-corrected chi connectivity index (χ2v) is 4.00. The van der Waals surface area contributed by atoms with Gasteiger partial charge >= 0.3 is 0 Å². The fourth-order valence-electron chi connectivity index (χ4n) is 1.70. The van der Waals surface area contributed by atoms with E-state index in [0.717, 1.165) is 25.9 Å². The van der Waals surface area contributed by atoms with E-state index in [-0.39, 0.29) is 11.7 Å². The lowest BCUT2D eigenvalue weighted by atomic mass is 10.2. The zero-order valence-electron chi connectivity index (χ0n) is 8.62. The smallest absolute Gasteiger partial charge is 0.202 e. The zero-order chi connectivity index (χ0) is 9.97. The Balaban J connectivity index is 1.98. The lowest BCUT2D eigenvalue weighted by Crippen LogP contribution is -2.32. The van der Waals surface area contributed by atoms with Crippen molar-refractivity contribution in [3.63, 3.8) is 0 Å². The molecule has 2 aliphatic rings. The highest BCUT2D eigenvalue weighted by atomic mass is 16.1. The van der Waals surface area contributed by atoms with Gasteiger partial charge in [0.25, 0.3) is 0 Å². The van der Waals surface area contributed by atoms with Crippen molar-refractivity contribution in [1.29, 1.82) is 0 Å². The molecule has 1 aliphatic carbocycles. The first-order chi connectivity index (χ1) is 6.81. The van der Waals surface area contributed by atoms with Crippen LogP contribution < -0.4 is 5.32 Å². The second-order valence-electron chi connectivity index (χ2n) is 4.00. The Morgan fingerprint density at radius 2 is 2.00 bits per heavy atom. The molecule has 1 saturated heterocycles. The summed E-state index contributed by atoms with van der Waals surface area (Å²) in [5, 5.41) is 9.25. The van der Waals surface area contributed by atoms with Crippen LogP contribution in [-0.2, 0) is 4.79 Å². The predicted molar refractivity (Wildman–Crippen MR) is 55.0 cm³/mol. The number of hydrogen-bond donors (Lipinski definition) is 1. The highest BCUT2D eigenvalue weighted by Gasteiger charge is 2.33. The molecule has 0 atom stereocenters. The van der Waals surface area contributed by atoms with Gasteiger partial charge in [-0.15, -0.1) is 0 Å². The zero-order valence-corrected chi connectivity index (χ0v) is 8.62. The van der Waals surface area contributed by atoms with Crippen molar-refractivity contribution in [3.8, 4) is 0 Å². The minimum atomic E-state index is 0.194. The number of likely N-dealkylation sites (N-methyl/N-ethyl adjacent to an activating group) is 1. The quantitative estimate of drug-likeness (QED) is 0.529. The van der Waals surface area contributed by atoms with Gasteiger partial charge in [0.2, 0.25) is 5.78 Å². The van der Waals surface area contributed by atoms with Crippen molar-refractivity contribution < 1.29 is 4.79 Å². The molecule has 14 heavy (non-hydrogen) atoms. The first-order valence-electron chi connectivity index (χ1n) is 5.37. The molecule has 78 valence electrons. The van der Waals surface area contributed by atoms with Crippen LogP contribution in [0.25, 0.3) is 0 Å². The Bertz CT molecular complexity index is 252. The summed E-state index contributed by atoms with van der Waals surface area (Å²) in [6.45, 7) is 1.98. The normalized spacial score (nSPS) is 22.6. The van der Waals surface area contributed by atoms with E-state index in [4.69, 9.17) is 0 Å². The number of carbonyl (C=O) groups excluding carboxylic acids is 1. The molecule has 4 nitrogen and oxygen atoms in total. The first kappa shape index (κ1) is 9.49. The summed E-state index contributed by atoms with van der Waals surface area (Å²) in [4.78, 5) is 11.7. The third kappa shape index (κ3) is 2.05. The van der Waals surface area contributed by atoms with E-state index in [2.05, 4.69) is 10.4 Å². The number of hydrazone groups is 1. The van der Waals surface area contributed by atoms with Gasteiger partial charge in [0.05, 0.1) is 0 Å². The molecule has 0 spiro atoms. The SMILES string of the molecule is CN/C(=N\N1CCCC1)C(=O)C1CC1. The molecular formula is C10H17N3O. The Hall–Kier alpha value is -1.06. The monoisotopic (exact) mass is 195 g/mol. The molecular weight excluding hydrogens is 178 g/mol. The lowest BCUT2D eigenvalue weighted by Gasteiger charge is -2.12. The fraction of sp³-hybridized carbons (Fsp3) is 0.800. The Kier molecular flexibility index (Phi) is 2.70. The molecule has 1 saturated carbocycles. The number of hydrogen-bond acceptors (Lipinski definition) is 3. The number of Topliss-reactive ketones (excluding diaryl/α,β-unsaturated/α-hetero) is 1. The van der Waals surface area contributed by atoms with Crippen molar-refractivity contribution in [3.05, 3.63) is 0 Å². The van der Waals surface area contributed by atoms with Gasteiger partial charge in [-0.05, 0) is 25.7 Å². The predicted octanol–water partition coefficient (Wildman–Crippen LogP) is 0.594. The number of rotatable bonds is 3. The van der Waals surface area contributed by atoms with Crippen LogP contribution in [0.4, 0.5) is 0 Å². The molecule has 0 aromatic carbocycles. The first-order valence-corrected chi connectivity index (χ1v) is 5.37.